The number of ketones is 1. The second-order valence-electron chi connectivity index (χ2n) is 5.02. The van der Waals surface area contributed by atoms with Crippen LogP contribution < -0.4 is 0 Å². The molecule has 1 unspecified atom stereocenters. The van der Waals surface area contributed by atoms with Gasteiger partial charge in [0.15, 0.2) is 5.78 Å². The molecule has 0 aliphatic heterocycles. The van der Waals surface area contributed by atoms with Crippen LogP contribution >= 0.6 is 0 Å². The van der Waals surface area contributed by atoms with Crippen molar-refractivity contribution in [2.45, 2.75) is 45.5 Å². The molecule has 0 aromatic heterocycles. The Hall–Kier alpha value is -1.01. The van der Waals surface area contributed by atoms with E-state index in [9.17, 15) is 31.1 Å². The number of hydrogen-bond acceptors (Lipinski definition) is 1. The Morgan fingerprint density at radius 1 is 1.11 bits per heavy atom. The Kier molecular flexibility index (Phi) is 4.37. The number of halogens is 6. The molecular formula is C12H14F6O. The third-order valence-corrected chi connectivity index (χ3v) is 3.36. The van der Waals surface area contributed by atoms with Crippen LogP contribution in [0.15, 0.2) is 11.1 Å². The maximum Gasteiger partial charge on any atom is 0.421 e. The minimum absolute atomic E-state index is 0.0641. The minimum Gasteiger partial charge on any atom is -0.295 e. The molecular weight excluding hydrogens is 274 g/mol. The SMILES string of the molecule is CC(C)C1CCC(=O)C(=C(C(F)(F)F)C(F)(F)F)C1. The molecule has 0 bridgehead atoms. The maximum atomic E-state index is 12.6. The summed E-state index contributed by atoms with van der Waals surface area (Å²) in [6.45, 7) is 3.44. The summed E-state index contributed by atoms with van der Waals surface area (Å²) in [7, 11) is 0. The van der Waals surface area contributed by atoms with Crippen LogP contribution in [0.2, 0.25) is 0 Å². The molecule has 1 saturated carbocycles. The highest BCUT2D eigenvalue weighted by atomic mass is 19.4. The van der Waals surface area contributed by atoms with E-state index in [1.165, 1.54) is 0 Å². The normalized spacial score (nSPS) is 22.1. The van der Waals surface area contributed by atoms with Gasteiger partial charge in [-0.15, -0.1) is 0 Å². The lowest BCUT2D eigenvalue weighted by Crippen LogP contribution is -2.33. The lowest BCUT2D eigenvalue weighted by atomic mass is 9.77. The number of Topliss-reactive ketones (excluding diaryl/α,β-unsaturated/α-hetero) is 1. The van der Waals surface area contributed by atoms with Gasteiger partial charge in [0.25, 0.3) is 0 Å². The van der Waals surface area contributed by atoms with Crippen molar-refractivity contribution in [1.82, 2.24) is 0 Å². The van der Waals surface area contributed by atoms with Gasteiger partial charge in [-0.2, -0.15) is 26.3 Å². The van der Waals surface area contributed by atoms with Crippen LogP contribution in [-0.4, -0.2) is 18.1 Å². The monoisotopic (exact) mass is 288 g/mol. The van der Waals surface area contributed by atoms with Gasteiger partial charge in [0.2, 0.25) is 0 Å². The van der Waals surface area contributed by atoms with Crippen LogP contribution in [-0.2, 0) is 4.79 Å². The average Bonchev–Trinajstić information content (AvgIpc) is 2.16. The number of carbonyl (C=O) groups is 1. The van der Waals surface area contributed by atoms with Gasteiger partial charge in [-0.05, 0) is 24.7 Å². The summed E-state index contributed by atoms with van der Waals surface area (Å²) in [5, 5.41) is 0. The van der Waals surface area contributed by atoms with Crippen LogP contribution in [0.5, 0.6) is 0 Å². The highest BCUT2D eigenvalue weighted by Gasteiger charge is 2.54. The molecule has 0 aromatic carbocycles. The standard InChI is InChI=1S/C12H14F6O/c1-6(2)7-3-4-9(19)8(5-7)10(11(13,14)15)12(16,17)18/h6-7H,3-5H2,1-2H3. The van der Waals surface area contributed by atoms with Gasteiger partial charge < -0.3 is 0 Å². The van der Waals surface area contributed by atoms with E-state index in [2.05, 4.69) is 0 Å². The Bertz CT molecular complexity index is 372. The van der Waals surface area contributed by atoms with Gasteiger partial charge >= 0.3 is 12.4 Å². The van der Waals surface area contributed by atoms with E-state index in [1.807, 2.05) is 0 Å². The van der Waals surface area contributed by atoms with Crippen LogP contribution in [0.25, 0.3) is 0 Å². The van der Waals surface area contributed by atoms with Crippen molar-refractivity contribution in [3.63, 3.8) is 0 Å². The lowest BCUT2D eigenvalue weighted by Gasteiger charge is -2.29. The van der Waals surface area contributed by atoms with Crippen LogP contribution in [0.3, 0.4) is 0 Å². The van der Waals surface area contributed by atoms with Crippen molar-refractivity contribution in [1.29, 1.82) is 0 Å². The lowest BCUT2D eigenvalue weighted by molar-refractivity contribution is -0.174. The van der Waals surface area contributed by atoms with Crippen molar-refractivity contribution in [3.05, 3.63) is 11.1 Å². The Morgan fingerprint density at radius 2 is 1.58 bits per heavy atom. The van der Waals surface area contributed by atoms with Crippen molar-refractivity contribution in [2.75, 3.05) is 0 Å². The topological polar surface area (TPSA) is 17.1 Å². The second-order valence-corrected chi connectivity index (χ2v) is 5.02. The number of allylic oxidation sites excluding steroid dienone is 2. The molecule has 7 heteroatoms. The third kappa shape index (κ3) is 3.73. The third-order valence-electron chi connectivity index (χ3n) is 3.36. The molecule has 0 spiro atoms. The highest BCUT2D eigenvalue weighted by Crippen LogP contribution is 2.44. The predicted molar refractivity (Wildman–Crippen MR) is 56.3 cm³/mol. The van der Waals surface area contributed by atoms with Gasteiger partial charge in [0.1, 0.15) is 5.57 Å². The average molecular weight is 288 g/mol. The summed E-state index contributed by atoms with van der Waals surface area (Å²) in [6, 6.07) is 0. The molecule has 0 heterocycles. The van der Waals surface area contributed by atoms with Crippen molar-refractivity contribution >= 4 is 5.78 Å². The van der Waals surface area contributed by atoms with E-state index in [-0.39, 0.29) is 18.3 Å². The number of alkyl halides is 6. The summed E-state index contributed by atoms with van der Waals surface area (Å²) in [4.78, 5) is 11.4. The Labute approximate surface area is 106 Å². The molecule has 1 fully saturated rings. The minimum atomic E-state index is -5.55. The van der Waals surface area contributed by atoms with E-state index in [4.69, 9.17) is 0 Å². The van der Waals surface area contributed by atoms with E-state index in [0.717, 1.165) is 0 Å². The van der Waals surface area contributed by atoms with E-state index in [1.54, 1.807) is 13.8 Å². The molecule has 0 aromatic rings. The number of hydrogen-bond donors (Lipinski definition) is 0. The van der Waals surface area contributed by atoms with Gasteiger partial charge in [-0.3, -0.25) is 4.79 Å². The molecule has 1 aliphatic carbocycles. The zero-order valence-electron chi connectivity index (χ0n) is 10.5. The summed E-state index contributed by atoms with van der Waals surface area (Å²) >= 11 is 0. The quantitative estimate of drug-likeness (QED) is 0.515. The molecule has 19 heavy (non-hydrogen) atoms. The second kappa shape index (κ2) is 5.17. The fourth-order valence-corrected chi connectivity index (χ4v) is 2.26. The summed E-state index contributed by atoms with van der Waals surface area (Å²) in [5.41, 5.74) is -3.74. The van der Waals surface area contributed by atoms with Crippen LogP contribution in [0, 0.1) is 11.8 Å². The smallest absolute Gasteiger partial charge is 0.295 e. The molecule has 0 saturated heterocycles. The highest BCUT2D eigenvalue weighted by molar-refractivity contribution is 5.97. The fourth-order valence-electron chi connectivity index (χ4n) is 2.26. The van der Waals surface area contributed by atoms with Gasteiger partial charge in [0.05, 0.1) is 0 Å². The van der Waals surface area contributed by atoms with Crippen LogP contribution in [0.4, 0.5) is 26.3 Å². The predicted octanol–water partition coefficient (Wildman–Crippen LogP) is 4.43. The first kappa shape index (κ1) is 16.0. The van der Waals surface area contributed by atoms with Gasteiger partial charge in [0, 0.05) is 12.0 Å². The molecule has 0 radical (unpaired) electrons. The number of rotatable bonds is 1. The summed E-state index contributed by atoms with van der Waals surface area (Å²) < 4.78 is 75.4. The number of carbonyl (C=O) groups excluding carboxylic acids is 1. The van der Waals surface area contributed by atoms with Crippen molar-refractivity contribution in [2.24, 2.45) is 11.8 Å². The molecule has 1 atom stereocenters. The van der Waals surface area contributed by atoms with Gasteiger partial charge in [-0.25, -0.2) is 0 Å². The molecule has 1 rings (SSSR count). The van der Waals surface area contributed by atoms with E-state index in [0.29, 0.717) is 6.42 Å². The maximum absolute atomic E-state index is 12.6. The molecule has 0 amide bonds. The zero-order valence-corrected chi connectivity index (χ0v) is 10.5. The first-order chi connectivity index (χ1) is 8.44. The van der Waals surface area contributed by atoms with Crippen molar-refractivity contribution < 1.29 is 31.1 Å². The zero-order chi connectivity index (χ0) is 15.0. The first-order valence-corrected chi connectivity index (χ1v) is 5.85. The molecule has 1 nitrogen and oxygen atoms in total. The van der Waals surface area contributed by atoms with Crippen molar-refractivity contribution in [3.8, 4) is 0 Å². The molecule has 110 valence electrons. The summed E-state index contributed by atoms with van der Waals surface area (Å²) in [5.74, 6) is -1.43. The Balaban J connectivity index is 3.30. The Morgan fingerprint density at radius 3 is 1.95 bits per heavy atom. The van der Waals surface area contributed by atoms with E-state index >= 15 is 0 Å². The van der Waals surface area contributed by atoms with E-state index < -0.39 is 35.7 Å². The summed E-state index contributed by atoms with van der Waals surface area (Å²) in [6.07, 6.45) is -11.5. The fraction of sp³-hybridized carbons (Fsp3) is 0.750. The van der Waals surface area contributed by atoms with Gasteiger partial charge in [-0.1, -0.05) is 13.8 Å². The van der Waals surface area contributed by atoms with Crippen LogP contribution in [0.1, 0.15) is 33.1 Å². The first-order valence-electron chi connectivity index (χ1n) is 5.85. The molecule has 0 N–H and O–H groups in total. The molecule has 1 aliphatic rings. The largest absolute Gasteiger partial charge is 0.421 e.